The highest BCUT2D eigenvalue weighted by Crippen LogP contribution is 2.39. The fourth-order valence-electron chi connectivity index (χ4n) is 4.84. The predicted molar refractivity (Wildman–Crippen MR) is 157 cm³/mol. The molecular formula is C31H24Cl2N4O2. The number of hydrogen-bond acceptors (Lipinski definition) is 6. The lowest BCUT2D eigenvalue weighted by molar-refractivity contribution is 0.355. The molecule has 39 heavy (non-hydrogen) atoms. The van der Waals surface area contributed by atoms with Crippen LogP contribution in [0.3, 0.4) is 0 Å². The van der Waals surface area contributed by atoms with Crippen LogP contribution in [0.15, 0.2) is 96.1 Å². The Balaban J connectivity index is 1.52. The molecular weight excluding hydrogens is 531 g/mol. The van der Waals surface area contributed by atoms with Crippen LogP contribution in [0.25, 0.3) is 22.2 Å². The third kappa shape index (κ3) is 4.89. The lowest BCUT2D eigenvalue weighted by atomic mass is 9.98. The van der Waals surface area contributed by atoms with E-state index in [0.29, 0.717) is 33.9 Å². The van der Waals surface area contributed by atoms with Gasteiger partial charge in [-0.2, -0.15) is 5.10 Å². The highest BCUT2D eigenvalue weighted by Gasteiger charge is 2.32. The number of fused-ring (bicyclic) bond motifs is 1. The Kier molecular flexibility index (Phi) is 6.81. The summed E-state index contributed by atoms with van der Waals surface area (Å²) in [6.07, 6.45) is 0.639. The van der Waals surface area contributed by atoms with Crippen molar-refractivity contribution in [2.75, 3.05) is 19.2 Å². The van der Waals surface area contributed by atoms with Crippen molar-refractivity contribution in [2.45, 2.75) is 12.5 Å². The van der Waals surface area contributed by atoms with Crippen molar-refractivity contribution in [3.63, 3.8) is 0 Å². The molecule has 6 rings (SSSR count). The molecule has 5 aromatic rings. The summed E-state index contributed by atoms with van der Waals surface area (Å²) in [5.41, 5.74) is 5.43. The van der Waals surface area contributed by atoms with E-state index in [0.717, 1.165) is 39.0 Å². The number of aromatic nitrogens is 2. The predicted octanol–water partition coefficient (Wildman–Crippen LogP) is 7.98. The summed E-state index contributed by atoms with van der Waals surface area (Å²) in [6, 6.07) is 29.2. The number of nitrogens with zero attached hydrogens (tertiary/aromatic N) is 4. The average Bonchev–Trinajstić information content (AvgIpc) is 3.42. The summed E-state index contributed by atoms with van der Waals surface area (Å²) in [5.74, 6) is 1.80. The zero-order valence-corrected chi connectivity index (χ0v) is 22.8. The summed E-state index contributed by atoms with van der Waals surface area (Å²) in [7, 11) is 3.25. The quantitative estimate of drug-likeness (QED) is 0.213. The molecule has 1 aliphatic rings. The van der Waals surface area contributed by atoms with E-state index < -0.39 is 0 Å². The minimum atomic E-state index is -0.140. The van der Waals surface area contributed by atoms with Crippen LogP contribution in [-0.2, 0) is 0 Å². The Labute approximate surface area is 236 Å². The number of ether oxygens (including phenoxy) is 2. The van der Waals surface area contributed by atoms with Gasteiger partial charge in [-0.3, -0.25) is 0 Å². The van der Waals surface area contributed by atoms with Crippen molar-refractivity contribution in [1.29, 1.82) is 0 Å². The Morgan fingerprint density at radius 3 is 2.23 bits per heavy atom. The van der Waals surface area contributed by atoms with Gasteiger partial charge in [-0.05, 0) is 54.1 Å². The molecule has 6 nitrogen and oxygen atoms in total. The van der Waals surface area contributed by atoms with Crippen molar-refractivity contribution >= 4 is 45.8 Å². The monoisotopic (exact) mass is 554 g/mol. The number of hydrogen-bond donors (Lipinski definition) is 0. The van der Waals surface area contributed by atoms with E-state index in [1.54, 1.807) is 14.2 Å². The fourth-order valence-corrected chi connectivity index (χ4v) is 5.13. The number of rotatable bonds is 6. The summed E-state index contributed by atoms with van der Waals surface area (Å²) in [5, 5.41) is 9.15. The van der Waals surface area contributed by atoms with Gasteiger partial charge in [0.15, 0.2) is 11.5 Å². The fraction of sp³-hybridized carbons (Fsp3) is 0.129. The topological polar surface area (TPSA) is 59.8 Å². The first-order valence-electron chi connectivity index (χ1n) is 12.4. The maximum Gasteiger partial charge on any atom is 0.247 e. The van der Waals surface area contributed by atoms with E-state index in [1.807, 2.05) is 96.0 Å². The van der Waals surface area contributed by atoms with E-state index in [9.17, 15) is 0 Å². The summed E-state index contributed by atoms with van der Waals surface area (Å²) < 4.78 is 11.0. The lowest BCUT2D eigenvalue weighted by Gasteiger charge is -2.23. The molecule has 0 radical (unpaired) electrons. The third-order valence-electron chi connectivity index (χ3n) is 6.78. The van der Waals surface area contributed by atoms with Gasteiger partial charge in [-0.1, -0.05) is 65.7 Å². The van der Waals surface area contributed by atoms with Gasteiger partial charge in [-0.15, -0.1) is 0 Å². The molecule has 1 aliphatic heterocycles. The van der Waals surface area contributed by atoms with Gasteiger partial charge in [0, 0.05) is 33.0 Å². The van der Waals surface area contributed by atoms with E-state index in [1.165, 1.54) is 0 Å². The average molecular weight is 555 g/mol. The van der Waals surface area contributed by atoms with E-state index in [-0.39, 0.29) is 6.04 Å². The van der Waals surface area contributed by atoms with Crippen LogP contribution < -0.4 is 14.5 Å². The van der Waals surface area contributed by atoms with Crippen LogP contribution in [-0.4, -0.2) is 29.9 Å². The molecule has 194 valence electrons. The number of benzene rings is 4. The van der Waals surface area contributed by atoms with Crippen LogP contribution >= 0.6 is 23.2 Å². The van der Waals surface area contributed by atoms with E-state index in [2.05, 4.69) is 0 Å². The van der Waals surface area contributed by atoms with Crippen molar-refractivity contribution in [3.05, 3.63) is 112 Å². The van der Waals surface area contributed by atoms with Gasteiger partial charge in [-0.25, -0.2) is 15.0 Å². The first-order valence-corrected chi connectivity index (χ1v) is 13.2. The second-order valence-corrected chi connectivity index (χ2v) is 10.0. The molecule has 0 spiro atoms. The Morgan fingerprint density at radius 2 is 1.49 bits per heavy atom. The zero-order valence-electron chi connectivity index (χ0n) is 21.3. The minimum Gasteiger partial charge on any atom is -0.493 e. The molecule has 2 heterocycles. The highest BCUT2D eigenvalue weighted by atomic mass is 35.5. The zero-order chi connectivity index (χ0) is 26.9. The first kappa shape index (κ1) is 25.2. The van der Waals surface area contributed by atoms with Gasteiger partial charge >= 0.3 is 0 Å². The van der Waals surface area contributed by atoms with E-state index in [4.69, 9.17) is 47.7 Å². The second kappa shape index (κ2) is 10.6. The van der Waals surface area contributed by atoms with Crippen LogP contribution in [0.2, 0.25) is 10.0 Å². The Morgan fingerprint density at radius 1 is 0.744 bits per heavy atom. The third-order valence-corrected chi connectivity index (χ3v) is 7.27. The van der Waals surface area contributed by atoms with Crippen molar-refractivity contribution in [1.82, 2.24) is 9.97 Å². The summed E-state index contributed by atoms with van der Waals surface area (Å²) in [4.78, 5) is 10.0. The Hall–Kier alpha value is -4.13. The maximum atomic E-state index is 6.38. The molecule has 0 aliphatic carbocycles. The highest BCUT2D eigenvalue weighted by molar-refractivity contribution is 6.31. The number of anilines is 1. The van der Waals surface area contributed by atoms with Crippen LogP contribution in [0.4, 0.5) is 5.95 Å². The van der Waals surface area contributed by atoms with Crippen molar-refractivity contribution in [2.24, 2.45) is 5.10 Å². The van der Waals surface area contributed by atoms with Gasteiger partial charge in [0.25, 0.3) is 0 Å². The molecule has 0 saturated carbocycles. The lowest BCUT2D eigenvalue weighted by Crippen LogP contribution is -2.21. The smallest absolute Gasteiger partial charge is 0.247 e. The maximum absolute atomic E-state index is 6.38. The molecule has 4 aromatic carbocycles. The van der Waals surface area contributed by atoms with Gasteiger partial charge in [0.2, 0.25) is 5.95 Å². The number of hydrazone groups is 1. The van der Waals surface area contributed by atoms with Crippen LogP contribution in [0, 0.1) is 0 Å². The molecule has 1 aromatic heterocycles. The molecule has 0 N–H and O–H groups in total. The van der Waals surface area contributed by atoms with Crippen molar-refractivity contribution < 1.29 is 9.47 Å². The summed E-state index contributed by atoms with van der Waals surface area (Å²) >= 11 is 12.6. The van der Waals surface area contributed by atoms with Crippen LogP contribution in [0.5, 0.6) is 11.5 Å². The molecule has 1 atom stereocenters. The summed E-state index contributed by atoms with van der Waals surface area (Å²) in [6.45, 7) is 0. The Bertz CT molecular complexity index is 1690. The largest absolute Gasteiger partial charge is 0.493 e. The van der Waals surface area contributed by atoms with Gasteiger partial charge in [0.1, 0.15) is 0 Å². The number of methoxy groups -OCH3 is 2. The number of halogens is 2. The molecule has 0 unspecified atom stereocenters. The van der Waals surface area contributed by atoms with Crippen molar-refractivity contribution in [3.8, 4) is 22.8 Å². The standard InChI is InChI=1S/C31H24Cl2N4O2/c1-38-28-15-10-21(16-29(28)39-2)26-18-27(19-8-11-22(32)12-9-19)37(36-26)31-34-25-14-13-23(33)17-24(25)30(35-31)20-6-4-3-5-7-20/h3-17,27H,18H2,1-2H3/t27-/m0/s1. The van der Waals surface area contributed by atoms with E-state index >= 15 is 0 Å². The minimum absolute atomic E-state index is 0.140. The molecule has 0 amide bonds. The molecule has 8 heteroatoms. The second-order valence-electron chi connectivity index (χ2n) is 9.13. The SMILES string of the molecule is COc1ccc(C2=NN(c3nc(-c4ccccc4)c4cc(Cl)ccc4n3)[C@H](c3ccc(Cl)cc3)C2)cc1OC. The molecule has 0 bridgehead atoms. The van der Waals surface area contributed by atoms with Gasteiger partial charge in [0.05, 0.1) is 37.2 Å². The normalized spacial score (nSPS) is 14.9. The first-order chi connectivity index (χ1) is 19.0. The molecule has 0 fully saturated rings. The van der Waals surface area contributed by atoms with Gasteiger partial charge < -0.3 is 9.47 Å². The molecule has 0 saturated heterocycles. The van der Waals surface area contributed by atoms with Crippen LogP contribution in [0.1, 0.15) is 23.6 Å².